The van der Waals surface area contributed by atoms with Gasteiger partial charge in [-0.2, -0.15) is 0 Å². The molecule has 1 N–H and O–H groups in total. The second-order valence-electron chi connectivity index (χ2n) is 10.5. The Morgan fingerprint density at radius 2 is 1.54 bits per heavy atom. The molecule has 0 aromatic heterocycles. The lowest BCUT2D eigenvalue weighted by Gasteiger charge is -2.43. The van der Waals surface area contributed by atoms with Crippen LogP contribution in [0, 0.1) is 0 Å². The monoisotopic (exact) mass is 358 g/mol. The topological polar surface area (TPSA) is 26.7 Å². The fraction of sp³-hybridized carbons (Fsp3) is 0.739. The second-order valence-corrected chi connectivity index (χ2v) is 10.5. The van der Waals surface area contributed by atoms with Gasteiger partial charge in [0.2, 0.25) is 0 Å². The highest BCUT2D eigenvalue weighted by molar-refractivity contribution is 5.49. The summed E-state index contributed by atoms with van der Waals surface area (Å²) in [5, 5.41) is 10.9. The maximum absolute atomic E-state index is 10.9. The van der Waals surface area contributed by atoms with Crippen molar-refractivity contribution in [3.8, 4) is 5.75 Å². The van der Waals surface area contributed by atoms with Crippen molar-refractivity contribution in [2.45, 2.75) is 90.8 Å². The van der Waals surface area contributed by atoms with E-state index in [0.717, 1.165) is 30.3 Å². The summed E-state index contributed by atoms with van der Waals surface area (Å²) in [6.07, 6.45) is 2.69. The molecule has 3 heteroatoms. The molecule has 2 atom stereocenters. The molecule has 2 saturated heterocycles. The molecule has 146 valence electrons. The van der Waals surface area contributed by atoms with Gasteiger partial charge in [-0.3, -0.25) is 9.80 Å². The molecule has 0 bridgehead atoms. The van der Waals surface area contributed by atoms with Gasteiger partial charge < -0.3 is 5.11 Å². The van der Waals surface area contributed by atoms with Gasteiger partial charge in [0.1, 0.15) is 5.75 Å². The lowest BCUT2D eigenvalue weighted by molar-refractivity contribution is 0.0470. The molecule has 0 unspecified atom stereocenters. The third-order valence-electron chi connectivity index (χ3n) is 6.39. The first-order valence-electron chi connectivity index (χ1n) is 10.3. The number of piperazine rings is 1. The summed E-state index contributed by atoms with van der Waals surface area (Å²) < 4.78 is 0. The number of hydrogen-bond donors (Lipinski definition) is 1. The molecule has 3 nitrogen and oxygen atoms in total. The van der Waals surface area contributed by atoms with Crippen molar-refractivity contribution < 1.29 is 5.11 Å². The summed E-state index contributed by atoms with van der Waals surface area (Å²) in [5.41, 5.74) is 3.38. The van der Waals surface area contributed by atoms with E-state index in [4.69, 9.17) is 0 Å². The Labute approximate surface area is 160 Å². The highest BCUT2D eigenvalue weighted by atomic mass is 16.3. The summed E-state index contributed by atoms with van der Waals surface area (Å²) >= 11 is 0. The minimum Gasteiger partial charge on any atom is -0.507 e. The minimum absolute atomic E-state index is 0.0597. The Balaban J connectivity index is 1.92. The number of rotatable bonds is 2. The van der Waals surface area contributed by atoms with E-state index in [2.05, 4.69) is 70.4 Å². The molecule has 0 amide bonds. The number of benzene rings is 1. The second kappa shape index (κ2) is 6.83. The van der Waals surface area contributed by atoms with Crippen molar-refractivity contribution >= 4 is 0 Å². The van der Waals surface area contributed by atoms with Crippen molar-refractivity contribution in [3.05, 3.63) is 28.8 Å². The molecule has 26 heavy (non-hydrogen) atoms. The largest absolute Gasteiger partial charge is 0.507 e. The zero-order valence-electron chi connectivity index (χ0n) is 17.9. The SMILES string of the molecule is C[C@H]1[C@@H]2CCCN2CCN1Cc1cc(C(C)(C)C)c(O)c(C(C)(C)C)c1. The molecule has 2 aliphatic rings. The van der Waals surface area contributed by atoms with Crippen LogP contribution in [-0.2, 0) is 17.4 Å². The van der Waals surface area contributed by atoms with Gasteiger partial charge in [0.25, 0.3) is 0 Å². The standard InChI is InChI=1S/C23H38N2O/c1-16-20-9-8-10-24(20)11-12-25(16)15-17-13-18(22(2,3)4)21(26)19(14-17)23(5,6)7/h13-14,16,20,26H,8-12,15H2,1-7H3/t16-,20-/m0/s1. The number of phenolic OH excluding ortho intramolecular Hbond substituents is 1. The Bertz CT molecular complexity index is 618. The Hall–Kier alpha value is -1.06. The highest BCUT2D eigenvalue weighted by Crippen LogP contribution is 2.40. The molecule has 3 rings (SSSR count). The molecular weight excluding hydrogens is 320 g/mol. The average Bonchev–Trinajstić information content (AvgIpc) is 2.98. The van der Waals surface area contributed by atoms with Gasteiger partial charge in [0.05, 0.1) is 0 Å². The van der Waals surface area contributed by atoms with Crippen molar-refractivity contribution in [2.75, 3.05) is 19.6 Å². The fourth-order valence-corrected chi connectivity index (χ4v) is 4.77. The van der Waals surface area contributed by atoms with Crippen molar-refractivity contribution in [1.29, 1.82) is 0 Å². The lowest BCUT2D eigenvalue weighted by Crippen LogP contribution is -2.55. The van der Waals surface area contributed by atoms with Crippen molar-refractivity contribution in [3.63, 3.8) is 0 Å². The van der Waals surface area contributed by atoms with Crippen LogP contribution < -0.4 is 0 Å². The summed E-state index contributed by atoms with van der Waals surface area (Å²) in [6, 6.07) is 5.83. The van der Waals surface area contributed by atoms with Gasteiger partial charge in [-0.15, -0.1) is 0 Å². The van der Waals surface area contributed by atoms with Gasteiger partial charge in [-0.05, 0) is 53.8 Å². The molecule has 2 aliphatic heterocycles. The van der Waals surface area contributed by atoms with Crippen LogP contribution in [0.4, 0.5) is 0 Å². The predicted molar refractivity (Wildman–Crippen MR) is 110 cm³/mol. The van der Waals surface area contributed by atoms with E-state index in [1.165, 1.54) is 31.5 Å². The normalized spacial score (nSPS) is 25.5. The quantitative estimate of drug-likeness (QED) is 0.833. The number of aromatic hydroxyl groups is 1. The maximum Gasteiger partial charge on any atom is 0.123 e. The summed E-state index contributed by atoms with van der Waals surface area (Å²) in [5.74, 6) is 0.488. The Morgan fingerprint density at radius 1 is 0.962 bits per heavy atom. The number of nitrogens with zero attached hydrogens (tertiary/aromatic N) is 2. The van der Waals surface area contributed by atoms with Crippen LogP contribution in [-0.4, -0.2) is 46.6 Å². The van der Waals surface area contributed by atoms with Gasteiger partial charge in [-0.25, -0.2) is 0 Å². The van der Waals surface area contributed by atoms with E-state index in [1.54, 1.807) is 0 Å². The first kappa shape index (κ1) is 19.7. The molecule has 0 spiro atoms. The fourth-order valence-electron chi connectivity index (χ4n) is 4.77. The minimum atomic E-state index is -0.0597. The lowest BCUT2D eigenvalue weighted by atomic mass is 9.78. The summed E-state index contributed by atoms with van der Waals surface area (Å²) in [6.45, 7) is 20.2. The van der Waals surface area contributed by atoms with Crippen LogP contribution >= 0.6 is 0 Å². The van der Waals surface area contributed by atoms with Crippen LogP contribution in [0.2, 0.25) is 0 Å². The smallest absolute Gasteiger partial charge is 0.123 e. The maximum atomic E-state index is 10.9. The van der Waals surface area contributed by atoms with Crippen molar-refractivity contribution in [1.82, 2.24) is 9.80 Å². The van der Waals surface area contributed by atoms with Gasteiger partial charge in [0.15, 0.2) is 0 Å². The number of hydrogen-bond acceptors (Lipinski definition) is 3. The third kappa shape index (κ3) is 3.80. The molecule has 1 aromatic carbocycles. The Kier molecular flexibility index (Phi) is 5.18. The summed E-state index contributed by atoms with van der Waals surface area (Å²) in [7, 11) is 0. The van der Waals surface area contributed by atoms with E-state index in [9.17, 15) is 5.11 Å². The van der Waals surface area contributed by atoms with Gasteiger partial charge in [0, 0.05) is 31.7 Å². The average molecular weight is 359 g/mol. The molecule has 2 heterocycles. The van der Waals surface area contributed by atoms with Crippen LogP contribution in [0.15, 0.2) is 12.1 Å². The van der Waals surface area contributed by atoms with E-state index in [1.807, 2.05) is 0 Å². The third-order valence-corrected chi connectivity index (χ3v) is 6.39. The predicted octanol–water partition coefficient (Wildman–Crippen LogP) is 4.66. The first-order valence-corrected chi connectivity index (χ1v) is 10.3. The van der Waals surface area contributed by atoms with Crippen molar-refractivity contribution in [2.24, 2.45) is 0 Å². The van der Waals surface area contributed by atoms with Crippen LogP contribution in [0.25, 0.3) is 0 Å². The molecular formula is C23H38N2O. The molecule has 0 aliphatic carbocycles. The van der Waals surface area contributed by atoms with E-state index < -0.39 is 0 Å². The van der Waals surface area contributed by atoms with E-state index >= 15 is 0 Å². The molecule has 1 aromatic rings. The van der Waals surface area contributed by atoms with E-state index in [0.29, 0.717) is 11.8 Å². The van der Waals surface area contributed by atoms with Gasteiger partial charge >= 0.3 is 0 Å². The van der Waals surface area contributed by atoms with Crippen LogP contribution in [0.3, 0.4) is 0 Å². The molecule has 2 fully saturated rings. The van der Waals surface area contributed by atoms with Crippen LogP contribution in [0.5, 0.6) is 5.75 Å². The zero-order valence-corrected chi connectivity index (χ0v) is 17.9. The van der Waals surface area contributed by atoms with Crippen LogP contribution in [0.1, 0.15) is 78.0 Å². The number of fused-ring (bicyclic) bond motifs is 1. The summed E-state index contributed by atoms with van der Waals surface area (Å²) in [4.78, 5) is 5.33. The Morgan fingerprint density at radius 3 is 2.08 bits per heavy atom. The van der Waals surface area contributed by atoms with Gasteiger partial charge in [-0.1, -0.05) is 53.7 Å². The zero-order chi connectivity index (χ0) is 19.3. The molecule has 0 saturated carbocycles. The van der Waals surface area contributed by atoms with E-state index in [-0.39, 0.29) is 10.8 Å². The molecule has 0 radical (unpaired) electrons. The highest BCUT2D eigenvalue weighted by Gasteiger charge is 2.36. The number of phenols is 1. The first-order chi connectivity index (χ1) is 12.0.